The first kappa shape index (κ1) is 15.4. The van der Waals surface area contributed by atoms with Gasteiger partial charge in [0.05, 0.1) is 5.69 Å². The van der Waals surface area contributed by atoms with Crippen molar-refractivity contribution in [3.8, 4) is 0 Å². The third-order valence-corrected chi connectivity index (χ3v) is 4.23. The lowest BCUT2D eigenvalue weighted by atomic mass is 10.0. The van der Waals surface area contributed by atoms with E-state index in [0.29, 0.717) is 0 Å². The van der Waals surface area contributed by atoms with Gasteiger partial charge in [0.15, 0.2) is 0 Å². The Labute approximate surface area is 122 Å². The van der Waals surface area contributed by atoms with Crippen LogP contribution in [0.25, 0.3) is 0 Å². The van der Waals surface area contributed by atoms with Crippen molar-refractivity contribution >= 4 is 0 Å². The summed E-state index contributed by atoms with van der Waals surface area (Å²) in [6, 6.07) is 0.232. The van der Waals surface area contributed by atoms with Crippen LogP contribution in [0.4, 0.5) is 0 Å². The molecular weight excluding hydrogens is 250 g/mol. The van der Waals surface area contributed by atoms with E-state index >= 15 is 0 Å². The minimum atomic E-state index is 0.164. The summed E-state index contributed by atoms with van der Waals surface area (Å²) >= 11 is 0. The summed E-state index contributed by atoms with van der Waals surface area (Å²) in [6.45, 7) is 12.3. The van der Waals surface area contributed by atoms with E-state index in [1.54, 1.807) is 12.4 Å². The molecule has 0 saturated carbocycles. The summed E-state index contributed by atoms with van der Waals surface area (Å²) in [5.41, 5.74) is 1.17. The van der Waals surface area contributed by atoms with Crippen molar-refractivity contribution < 1.29 is 0 Å². The van der Waals surface area contributed by atoms with E-state index < -0.39 is 0 Å². The molecule has 1 unspecified atom stereocenters. The lowest BCUT2D eigenvalue weighted by Crippen LogP contribution is -2.57. The summed E-state index contributed by atoms with van der Waals surface area (Å²) in [7, 11) is 2.19. The van der Waals surface area contributed by atoms with Gasteiger partial charge in [0.1, 0.15) is 0 Å². The van der Waals surface area contributed by atoms with Gasteiger partial charge < -0.3 is 10.2 Å². The molecule has 5 heteroatoms. The lowest BCUT2D eigenvalue weighted by molar-refractivity contribution is 0.0604. The Hall–Kier alpha value is -1.04. The molecule has 0 radical (unpaired) electrons. The van der Waals surface area contributed by atoms with E-state index in [1.807, 2.05) is 6.20 Å². The Morgan fingerprint density at radius 3 is 2.55 bits per heavy atom. The monoisotopic (exact) mass is 277 g/mol. The Morgan fingerprint density at radius 1 is 1.25 bits per heavy atom. The minimum Gasteiger partial charge on any atom is -0.307 e. The third-order valence-electron chi connectivity index (χ3n) is 4.23. The summed E-state index contributed by atoms with van der Waals surface area (Å²) in [4.78, 5) is 13.5. The van der Waals surface area contributed by atoms with Gasteiger partial charge in [-0.1, -0.05) is 0 Å². The molecule has 1 aromatic heterocycles. The molecule has 1 aromatic rings. The fourth-order valence-corrected chi connectivity index (χ4v) is 2.57. The van der Waals surface area contributed by atoms with Gasteiger partial charge in [-0.2, -0.15) is 0 Å². The fraction of sp³-hybridized carbons (Fsp3) is 0.733. The second-order valence-electron chi connectivity index (χ2n) is 6.34. The van der Waals surface area contributed by atoms with E-state index in [-0.39, 0.29) is 11.6 Å². The number of nitrogens with one attached hydrogen (secondary N) is 1. The first-order valence-corrected chi connectivity index (χ1v) is 7.42. The standard InChI is InChI=1S/C15H27N5/c1-13(14-11-16-5-6-17-14)18-12-15(2,3)20-9-7-19(4)8-10-20/h5-6,11,13,18H,7-10,12H2,1-4H3. The van der Waals surface area contributed by atoms with Gasteiger partial charge in [0, 0.05) is 62.9 Å². The van der Waals surface area contributed by atoms with E-state index in [9.17, 15) is 0 Å². The first-order chi connectivity index (χ1) is 9.49. The first-order valence-electron chi connectivity index (χ1n) is 7.42. The maximum Gasteiger partial charge on any atom is 0.0753 e. The zero-order valence-electron chi connectivity index (χ0n) is 13.1. The summed E-state index contributed by atoms with van der Waals surface area (Å²) < 4.78 is 0. The van der Waals surface area contributed by atoms with Gasteiger partial charge in [-0.25, -0.2) is 0 Å². The van der Waals surface area contributed by atoms with Crippen LogP contribution in [-0.2, 0) is 0 Å². The highest BCUT2D eigenvalue weighted by atomic mass is 15.3. The Balaban J connectivity index is 1.85. The van der Waals surface area contributed by atoms with Gasteiger partial charge >= 0.3 is 0 Å². The zero-order valence-corrected chi connectivity index (χ0v) is 13.1. The van der Waals surface area contributed by atoms with Crippen molar-refractivity contribution in [1.29, 1.82) is 0 Å². The van der Waals surface area contributed by atoms with Crippen molar-refractivity contribution in [2.75, 3.05) is 39.8 Å². The maximum absolute atomic E-state index is 4.36. The highest BCUT2D eigenvalue weighted by Gasteiger charge is 2.29. The van der Waals surface area contributed by atoms with Crippen molar-refractivity contribution in [1.82, 2.24) is 25.1 Å². The fourth-order valence-electron chi connectivity index (χ4n) is 2.57. The smallest absolute Gasteiger partial charge is 0.0753 e. The molecule has 1 saturated heterocycles. The molecule has 0 spiro atoms. The number of hydrogen-bond acceptors (Lipinski definition) is 5. The minimum absolute atomic E-state index is 0.164. The quantitative estimate of drug-likeness (QED) is 0.875. The molecule has 5 nitrogen and oxygen atoms in total. The molecule has 0 aliphatic carbocycles. The summed E-state index contributed by atoms with van der Waals surface area (Å²) in [5.74, 6) is 0. The van der Waals surface area contributed by atoms with Gasteiger partial charge in [-0.15, -0.1) is 0 Å². The van der Waals surface area contributed by atoms with Gasteiger partial charge in [0.2, 0.25) is 0 Å². The van der Waals surface area contributed by atoms with Crippen molar-refractivity contribution in [2.24, 2.45) is 0 Å². The van der Waals surface area contributed by atoms with Crippen LogP contribution in [0, 0.1) is 0 Å². The summed E-state index contributed by atoms with van der Waals surface area (Å²) in [5, 5.41) is 3.59. The molecule has 1 atom stereocenters. The number of aromatic nitrogens is 2. The summed E-state index contributed by atoms with van der Waals surface area (Å²) in [6.07, 6.45) is 5.30. The van der Waals surface area contributed by atoms with E-state index in [4.69, 9.17) is 0 Å². The van der Waals surface area contributed by atoms with Crippen LogP contribution in [0.1, 0.15) is 32.5 Å². The van der Waals surface area contributed by atoms with Crippen LogP contribution in [0.15, 0.2) is 18.6 Å². The second kappa shape index (κ2) is 6.61. The molecule has 1 N–H and O–H groups in total. The van der Waals surface area contributed by atoms with Crippen molar-refractivity contribution in [3.05, 3.63) is 24.3 Å². The lowest BCUT2D eigenvalue weighted by Gasteiger charge is -2.43. The molecule has 0 aromatic carbocycles. The number of nitrogens with zero attached hydrogens (tertiary/aromatic N) is 4. The molecule has 112 valence electrons. The molecule has 0 amide bonds. The Kier molecular flexibility index (Phi) is 5.07. The van der Waals surface area contributed by atoms with Crippen molar-refractivity contribution in [3.63, 3.8) is 0 Å². The SMILES string of the molecule is CC(NCC(C)(C)N1CCN(C)CC1)c1cnccn1. The van der Waals surface area contributed by atoms with Gasteiger partial charge in [-0.05, 0) is 27.8 Å². The molecule has 2 heterocycles. The van der Waals surface area contributed by atoms with Crippen molar-refractivity contribution in [2.45, 2.75) is 32.4 Å². The Morgan fingerprint density at radius 2 is 1.95 bits per heavy atom. The van der Waals surface area contributed by atoms with E-state index in [2.05, 4.69) is 52.9 Å². The molecular formula is C15H27N5. The zero-order chi connectivity index (χ0) is 14.6. The number of hydrogen-bond donors (Lipinski definition) is 1. The maximum atomic E-state index is 4.36. The van der Waals surface area contributed by atoms with Crippen LogP contribution in [0.2, 0.25) is 0 Å². The predicted molar refractivity (Wildman–Crippen MR) is 81.6 cm³/mol. The van der Waals surface area contributed by atoms with Gasteiger partial charge in [-0.3, -0.25) is 14.9 Å². The van der Waals surface area contributed by atoms with Crippen LogP contribution in [-0.4, -0.2) is 65.1 Å². The molecule has 0 bridgehead atoms. The second-order valence-corrected chi connectivity index (χ2v) is 6.34. The highest BCUT2D eigenvalue weighted by Crippen LogP contribution is 2.17. The Bertz CT molecular complexity index is 398. The molecule has 20 heavy (non-hydrogen) atoms. The van der Waals surface area contributed by atoms with Gasteiger partial charge in [0.25, 0.3) is 0 Å². The molecule has 1 aliphatic rings. The van der Waals surface area contributed by atoms with Crippen LogP contribution in [0.5, 0.6) is 0 Å². The van der Waals surface area contributed by atoms with E-state index in [0.717, 1.165) is 38.4 Å². The molecule has 2 rings (SSSR count). The van der Waals surface area contributed by atoms with Crippen LogP contribution in [0.3, 0.4) is 0 Å². The van der Waals surface area contributed by atoms with Crippen LogP contribution >= 0.6 is 0 Å². The van der Waals surface area contributed by atoms with E-state index in [1.165, 1.54) is 0 Å². The number of rotatable bonds is 5. The number of piperazine rings is 1. The third kappa shape index (κ3) is 3.98. The average molecular weight is 277 g/mol. The predicted octanol–water partition coefficient (Wildman–Crippen LogP) is 1.15. The average Bonchev–Trinajstić information content (AvgIpc) is 2.46. The normalized spacial score (nSPS) is 20.0. The largest absolute Gasteiger partial charge is 0.307 e. The number of likely N-dealkylation sites (N-methyl/N-ethyl adjacent to an activating group) is 1. The highest BCUT2D eigenvalue weighted by molar-refractivity contribution is 5.01. The molecule has 1 aliphatic heterocycles. The van der Waals surface area contributed by atoms with Crippen LogP contribution < -0.4 is 5.32 Å². The topological polar surface area (TPSA) is 44.3 Å². The molecule has 1 fully saturated rings.